The molecule has 0 fully saturated rings. The fraction of sp³-hybridized carbons (Fsp3) is 0.733. The first kappa shape index (κ1) is 12.7. The van der Waals surface area contributed by atoms with Crippen molar-refractivity contribution in [3.05, 3.63) is 23.5 Å². The quantitative estimate of drug-likeness (QED) is 0.843. The van der Waals surface area contributed by atoms with Crippen molar-refractivity contribution in [1.82, 2.24) is 9.88 Å². The maximum Gasteiger partial charge on any atom is 0.0394 e. The van der Waals surface area contributed by atoms with Gasteiger partial charge in [-0.15, -0.1) is 0 Å². The number of rotatable bonds is 3. The standard InChI is InChI=1S/C15H26N2/c1-6-12-9-14-13(7-8-16-14)15(10(2)3)17(12)11(4)5/h7-8,10-12,15-16H,6,9H2,1-5H3/t12-,15-/m0/s1. The lowest BCUT2D eigenvalue weighted by atomic mass is 9.85. The molecule has 2 rings (SSSR count). The summed E-state index contributed by atoms with van der Waals surface area (Å²) in [6.45, 7) is 11.7. The molecule has 0 radical (unpaired) electrons. The van der Waals surface area contributed by atoms with E-state index in [1.165, 1.54) is 24.1 Å². The number of nitrogens with zero attached hydrogens (tertiary/aromatic N) is 1. The normalized spacial score (nSPS) is 25.6. The summed E-state index contributed by atoms with van der Waals surface area (Å²) in [6.07, 6.45) is 4.52. The van der Waals surface area contributed by atoms with E-state index in [-0.39, 0.29) is 0 Å². The molecule has 0 aromatic carbocycles. The van der Waals surface area contributed by atoms with Crippen LogP contribution in [0.3, 0.4) is 0 Å². The summed E-state index contributed by atoms with van der Waals surface area (Å²) in [7, 11) is 0. The molecule has 2 heterocycles. The zero-order chi connectivity index (χ0) is 12.6. The Morgan fingerprint density at radius 3 is 2.59 bits per heavy atom. The van der Waals surface area contributed by atoms with Gasteiger partial charge >= 0.3 is 0 Å². The second-order valence-electron chi connectivity index (χ2n) is 5.91. The summed E-state index contributed by atoms with van der Waals surface area (Å²) in [5, 5.41) is 0. The number of hydrogen-bond acceptors (Lipinski definition) is 1. The molecule has 0 unspecified atom stereocenters. The van der Waals surface area contributed by atoms with E-state index in [0.717, 1.165) is 0 Å². The molecular weight excluding hydrogens is 208 g/mol. The van der Waals surface area contributed by atoms with Crippen LogP contribution in [-0.2, 0) is 6.42 Å². The van der Waals surface area contributed by atoms with Gasteiger partial charge in [-0.1, -0.05) is 20.8 Å². The van der Waals surface area contributed by atoms with Crippen molar-refractivity contribution in [2.75, 3.05) is 0 Å². The Hall–Kier alpha value is -0.760. The van der Waals surface area contributed by atoms with Crippen molar-refractivity contribution in [3.8, 4) is 0 Å². The first-order chi connectivity index (χ1) is 8.06. The van der Waals surface area contributed by atoms with E-state index in [0.29, 0.717) is 24.0 Å². The molecule has 96 valence electrons. The smallest absolute Gasteiger partial charge is 0.0394 e. The zero-order valence-corrected chi connectivity index (χ0v) is 11.8. The van der Waals surface area contributed by atoms with Crippen molar-refractivity contribution in [2.24, 2.45) is 5.92 Å². The van der Waals surface area contributed by atoms with Crippen LogP contribution in [0, 0.1) is 5.92 Å². The first-order valence-electron chi connectivity index (χ1n) is 6.99. The maximum atomic E-state index is 3.44. The fourth-order valence-corrected chi connectivity index (χ4v) is 3.40. The highest BCUT2D eigenvalue weighted by Gasteiger charge is 2.36. The highest BCUT2D eigenvalue weighted by atomic mass is 15.2. The lowest BCUT2D eigenvalue weighted by Crippen LogP contribution is -2.48. The van der Waals surface area contributed by atoms with E-state index in [9.17, 15) is 0 Å². The summed E-state index contributed by atoms with van der Waals surface area (Å²) in [4.78, 5) is 6.16. The molecule has 0 aliphatic carbocycles. The molecule has 1 aromatic rings. The topological polar surface area (TPSA) is 19.0 Å². The van der Waals surface area contributed by atoms with Crippen molar-refractivity contribution in [3.63, 3.8) is 0 Å². The Morgan fingerprint density at radius 1 is 1.35 bits per heavy atom. The van der Waals surface area contributed by atoms with E-state index in [1.54, 1.807) is 0 Å². The Labute approximate surface area is 105 Å². The monoisotopic (exact) mass is 234 g/mol. The van der Waals surface area contributed by atoms with Crippen LogP contribution in [0.5, 0.6) is 0 Å². The number of H-pyrrole nitrogens is 1. The van der Waals surface area contributed by atoms with Crippen LogP contribution >= 0.6 is 0 Å². The van der Waals surface area contributed by atoms with Crippen LogP contribution in [0.25, 0.3) is 0 Å². The van der Waals surface area contributed by atoms with Gasteiger partial charge in [0.05, 0.1) is 0 Å². The molecule has 0 saturated heterocycles. The van der Waals surface area contributed by atoms with Crippen molar-refractivity contribution in [2.45, 2.75) is 65.6 Å². The third-order valence-electron chi connectivity index (χ3n) is 4.07. The summed E-state index contributed by atoms with van der Waals surface area (Å²) in [5.74, 6) is 0.668. The molecule has 1 aromatic heterocycles. The molecule has 0 bridgehead atoms. The van der Waals surface area contributed by atoms with Crippen molar-refractivity contribution < 1.29 is 0 Å². The molecule has 1 aliphatic heterocycles. The van der Waals surface area contributed by atoms with Crippen molar-refractivity contribution in [1.29, 1.82) is 0 Å². The molecule has 2 atom stereocenters. The van der Waals surface area contributed by atoms with Crippen molar-refractivity contribution >= 4 is 0 Å². The van der Waals surface area contributed by atoms with Crippen LogP contribution in [0.2, 0.25) is 0 Å². The van der Waals surface area contributed by atoms with Crippen LogP contribution < -0.4 is 0 Å². The number of aromatic amines is 1. The second kappa shape index (κ2) is 4.85. The average molecular weight is 234 g/mol. The summed E-state index contributed by atoms with van der Waals surface area (Å²) in [5.41, 5.74) is 2.99. The summed E-state index contributed by atoms with van der Waals surface area (Å²) in [6, 6.07) is 4.17. The fourth-order valence-electron chi connectivity index (χ4n) is 3.40. The average Bonchev–Trinajstić information content (AvgIpc) is 2.73. The Kier molecular flexibility index (Phi) is 3.62. The molecule has 2 heteroatoms. The highest BCUT2D eigenvalue weighted by Crippen LogP contribution is 2.39. The van der Waals surface area contributed by atoms with Gasteiger partial charge in [-0.25, -0.2) is 0 Å². The van der Waals surface area contributed by atoms with Crippen LogP contribution in [0.15, 0.2) is 12.3 Å². The van der Waals surface area contributed by atoms with Gasteiger partial charge < -0.3 is 4.98 Å². The SMILES string of the molecule is CC[C@H]1Cc2[nH]ccc2[C@H](C(C)C)N1C(C)C. The van der Waals surface area contributed by atoms with Gasteiger partial charge in [0, 0.05) is 36.4 Å². The predicted octanol–water partition coefficient (Wildman–Crippen LogP) is 3.76. The van der Waals surface area contributed by atoms with Gasteiger partial charge in [0.15, 0.2) is 0 Å². The predicted molar refractivity (Wildman–Crippen MR) is 73.1 cm³/mol. The molecule has 0 spiro atoms. The molecule has 1 aliphatic rings. The van der Waals surface area contributed by atoms with E-state index in [4.69, 9.17) is 0 Å². The number of aromatic nitrogens is 1. The van der Waals surface area contributed by atoms with Gasteiger partial charge in [-0.2, -0.15) is 0 Å². The Bertz CT molecular complexity index is 365. The molecule has 1 N–H and O–H groups in total. The summed E-state index contributed by atoms with van der Waals surface area (Å²) < 4.78 is 0. The lowest BCUT2D eigenvalue weighted by Gasteiger charge is -2.46. The first-order valence-corrected chi connectivity index (χ1v) is 6.99. The molecule has 2 nitrogen and oxygen atoms in total. The minimum atomic E-state index is 0.579. The molecule has 0 amide bonds. The third-order valence-corrected chi connectivity index (χ3v) is 4.07. The van der Waals surface area contributed by atoms with Gasteiger partial charge in [0.2, 0.25) is 0 Å². The van der Waals surface area contributed by atoms with Gasteiger partial charge in [0.1, 0.15) is 0 Å². The van der Waals surface area contributed by atoms with E-state index < -0.39 is 0 Å². The Morgan fingerprint density at radius 2 is 2.06 bits per heavy atom. The summed E-state index contributed by atoms with van der Waals surface area (Å²) >= 11 is 0. The van der Waals surface area contributed by atoms with E-state index in [2.05, 4.69) is 56.8 Å². The number of nitrogens with one attached hydrogen (secondary N) is 1. The van der Waals surface area contributed by atoms with Crippen LogP contribution in [-0.4, -0.2) is 22.0 Å². The van der Waals surface area contributed by atoms with Gasteiger partial charge in [0.25, 0.3) is 0 Å². The molecule has 17 heavy (non-hydrogen) atoms. The zero-order valence-electron chi connectivity index (χ0n) is 11.8. The lowest BCUT2D eigenvalue weighted by molar-refractivity contribution is 0.0510. The maximum absolute atomic E-state index is 3.44. The minimum absolute atomic E-state index is 0.579. The van der Waals surface area contributed by atoms with Gasteiger partial charge in [-0.05, 0) is 37.8 Å². The molecule has 0 saturated carbocycles. The van der Waals surface area contributed by atoms with Crippen LogP contribution in [0.4, 0.5) is 0 Å². The van der Waals surface area contributed by atoms with Crippen LogP contribution in [0.1, 0.15) is 58.3 Å². The third kappa shape index (κ3) is 2.15. The van der Waals surface area contributed by atoms with E-state index in [1.807, 2.05) is 0 Å². The Balaban J connectivity index is 2.42. The number of fused-ring (bicyclic) bond motifs is 1. The van der Waals surface area contributed by atoms with Gasteiger partial charge in [-0.3, -0.25) is 4.90 Å². The highest BCUT2D eigenvalue weighted by molar-refractivity contribution is 5.29. The largest absolute Gasteiger partial charge is 0.365 e. The second-order valence-corrected chi connectivity index (χ2v) is 5.91. The molecular formula is C15H26N2. The number of hydrogen-bond donors (Lipinski definition) is 1. The van der Waals surface area contributed by atoms with E-state index >= 15 is 0 Å². The minimum Gasteiger partial charge on any atom is -0.365 e.